The molecule has 4 heteroatoms. The molecule has 0 saturated carbocycles. The summed E-state index contributed by atoms with van der Waals surface area (Å²) >= 11 is 0. The standard InChI is InChI=1S/C13H15N3O/c1-17-12-7-6-11(16-13(12)15)10-4-2-9(8-14)3-5-10/h2-7H,8,14H2,1H3,(H2,15,16). The minimum atomic E-state index is 0.396. The molecule has 0 fully saturated rings. The largest absolute Gasteiger partial charge is 0.493 e. The Morgan fingerprint density at radius 2 is 1.82 bits per heavy atom. The number of hydrogen-bond acceptors (Lipinski definition) is 4. The predicted molar refractivity (Wildman–Crippen MR) is 68.5 cm³/mol. The molecule has 0 aliphatic heterocycles. The van der Waals surface area contributed by atoms with E-state index in [9.17, 15) is 0 Å². The van der Waals surface area contributed by atoms with Crippen molar-refractivity contribution in [2.24, 2.45) is 5.73 Å². The number of ether oxygens (including phenoxy) is 1. The lowest BCUT2D eigenvalue weighted by Crippen LogP contribution is -1.98. The Kier molecular flexibility index (Phi) is 3.25. The van der Waals surface area contributed by atoms with Crippen LogP contribution in [0.5, 0.6) is 5.75 Å². The fraction of sp³-hybridized carbons (Fsp3) is 0.154. The average molecular weight is 229 g/mol. The molecule has 1 aromatic heterocycles. The van der Waals surface area contributed by atoms with Crippen LogP contribution in [-0.2, 0) is 6.54 Å². The molecule has 0 atom stereocenters. The molecular weight excluding hydrogens is 214 g/mol. The van der Waals surface area contributed by atoms with Crippen molar-refractivity contribution in [1.82, 2.24) is 4.98 Å². The van der Waals surface area contributed by atoms with Gasteiger partial charge in [0.25, 0.3) is 0 Å². The molecule has 0 unspecified atom stereocenters. The normalized spacial score (nSPS) is 10.2. The number of hydrogen-bond donors (Lipinski definition) is 2. The summed E-state index contributed by atoms with van der Waals surface area (Å²) in [6, 6.07) is 11.6. The number of nitrogen functional groups attached to an aromatic ring is 1. The molecule has 0 spiro atoms. The van der Waals surface area contributed by atoms with Crippen molar-refractivity contribution in [1.29, 1.82) is 0 Å². The number of methoxy groups -OCH3 is 1. The van der Waals surface area contributed by atoms with Crippen molar-refractivity contribution >= 4 is 5.82 Å². The third-order valence-electron chi connectivity index (χ3n) is 2.59. The lowest BCUT2D eigenvalue weighted by Gasteiger charge is -2.06. The van der Waals surface area contributed by atoms with Crippen LogP contribution in [0.25, 0.3) is 11.3 Å². The second kappa shape index (κ2) is 4.84. The van der Waals surface area contributed by atoms with Crippen molar-refractivity contribution in [2.75, 3.05) is 12.8 Å². The summed E-state index contributed by atoms with van der Waals surface area (Å²) in [6.45, 7) is 0.540. The second-order valence-corrected chi connectivity index (χ2v) is 3.69. The van der Waals surface area contributed by atoms with Crippen molar-refractivity contribution in [3.05, 3.63) is 42.0 Å². The zero-order valence-electron chi connectivity index (χ0n) is 9.68. The SMILES string of the molecule is COc1ccc(-c2ccc(CN)cc2)nc1N. The van der Waals surface area contributed by atoms with E-state index in [1.54, 1.807) is 7.11 Å². The summed E-state index contributed by atoms with van der Waals surface area (Å²) in [4.78, 5) is 4.29. The Labute approximate surface area is 100 Å². The van der Waals surface area contributed by atoms with E-state index in [-0.39, 0.29) is 0 Å². The highest BCUT2D eigenvalue weighted by Crippen LogP contribution is 2.24. The molecule has 0 aliphatic rings. The Morgan fingerprint density at radius 1 is 1.12 bits per heavy atom. The Balaban J connectivity index is 2.35. The number of pyridine rings is 1. The molecule has 0 radical (unpaired) electrons. The van der Waals surface area contributed by atoms with Crippen molar-refractivity contribution in [3.63, 3.8) is 0 Å². The third-order valence-corrected chi connectivity index (χ3v) is 2.59. The van der Waals surface area contributed by atoms with E-state index in [0.717, 1.165) is 16.8 Å². The molecule has 1 heterocycles. The first-order valence-electron chi connectivity index (χ1n) is 5.34. The first kappa shape index (κ1) is 11.4. The van der Waals surface area contributed by atoms with Crippen LogP contribution >= 0.6 is 0 Å². The zero-order valence-corrected chi connectivity index (χ0v) is 9.68. The molecule has 4 nitrogen and oxygen atoms in total. The maximum Gasteiger partial charge on any atom is 0.166 e. The number of rotatable bonds is 3. The highest BCUT2D eigenvalue weighted by atomic mass is 16.5. The maximum atomic E-state index is 5.77. The van der Waals surface area contributed by atoms with Gasteiger partial charge in [-0.15, -0.1) is 0 Å². The van der Waals surface area contributed by atoms with Crippen LogP contribution in [0.1, 0.15) is 5.56 Å². The van der Waals surface area contributed by atoms with Crippen LogP contribution < -0.4 is 16.2 Å². The van der Waals surface area contributed by atoms with Gasteiger partial charge in [0.15, 0.2) is 11.6 Å². The van der Waals surface area contributed by atoms with E-state index in [0.29, 0.717) is 18.1 Å². The van der Waals surface area contributed by atoms with E-state index in [1.807, 2.05) is 36.4 Å². The van der Waals surface area contributed by atoms with Crippen LogP contribution in [0.15, 0.2) is 36.4 Å². The van der Waals surface area contributed by atoms with Crippen molar-refractivity contribution in [3.8, 4) is 17.0 Å². The van der Waals surface area contributed by atoms with Crippen LogP contribution in [0.3, 0.4) is 0 Å². The first-order chi connectivity index (χ1) is 8.24. The second-order valence-electron chi connectivity index (χ2n) is 3.69. The van der Waals surface area contributed by atoms with Gasteiger partial charge in [-0.05, 0) is 17.7 Å². The number of aromatic nitrogens is 1. The summed E-state index contributed by atoms with van der Waals surface area (Å²) < 4.78 is 5.07. The van der Waals surface area contributed by atoms with E-state index >= 15 is 0 Å². The minimum Gasteiger partial charge on any atom is -0.493 e. The van der Waals surface area contributed by atoms with Gasteiger partial charge < -0.3 is 16.2 Å². The molecule has 88 valence electrons. The minimum absolute atomic E-state index is 0.396. The van der Waals surface area contributed by atoms with Gasteiger partial charge in [0.05, 0.1) is 12.8 Å². The number of nitrogens with zero attached hydrogens (tertiary/aromatic N) is 1. The van der Waals surface area contributed by atoms with E-state index in [1.165, 1.54) is 0 Å². The van der Waals surface area contributed by atoms with E-state index in [2.05, 4.69) is 4.98 Å². The molecule has 0 amide bonds. The van der Waals surface area contributed by atoms with Crippen molar-refractivity contribution < 1.29 is 4.74 Å². The maximum absolute atomic E-state index is 5.77. The molecular formula is C13H15N3O. The average Bonchev–Trinajstić information content (AvgIpc) is 2.39. The summed E-state index contributed by atoms with van der Waals surface area (Å²) in [5.41, 5.74) is 14.2. The highest BCUT2D eigenvalue weighted by molar-refractivity contribution is 5.63. The third kappa shape index (κ3) is 2.37. The molecule has 2 aromatic rings. The van der Waals surface area contributed by atoms with Gasteiger partial charge in [-0.25, -0.2) is 4.98 Å². The fourth-order valence-corrected chi connectivity index (χ4v) is 1.61. The van der Waals surface area contributed by atoms with Gasteiger partial charge >= 0.3 is 0 Å². The van der Waals surface area contributed by atoms with Crippen molar-refractivity contribution in [2.45, 2.75) is 6.54 Å². The number of anilines is 1. The van der Waals surface area contributed by atoms with Crippen LogP contribution in [0.2, 0.25) is 0 Å². The van der Waals surface area contributed by atoms with Crippen LogP contribution in [0.4, 0.5) is 5.82 Å². The summed E-state index contributed by atoms with van der Waals surface area (Å²) in [7, 11) is 1.57. The topological polar surface area (TPSA) is 74.2 Å². The van der Waals surface area contributed by atoms with Gasteiger partial charge in [-0.1, -0.05) is 24.3 Å². The number of nitrogens with two attached hydrogens (primary N) is 2. The summed E-state index contributed by atoms with van der Waals surface area (Å²) in [6.07, 6.45) is 0. The fourth-order valence-electron chi connectivity index (χ4n) is 1.61. The predicted octanol–water partition coefficient (Wildman–Crippen LogP) is 1.80. The van der Waals surface area contributed by atoms with Crippen LogP contribution in [0, 0.1) is 0 Å². The van der Waals surface area contributed by atoms with Gasteiger partial charge in [0.1, 0.15) is 0 Å². The lowest BCUT2D eigenvalue weighted by atomic mass is 10.1. The van der Waals surface area contributed by atoms with Gasteiger partial charge in [0, 0.05) is 12.1 Å². The van der Waals surface area contributed by atoms with E-state index in [4.69, 9.17) is 16.2 Å². The molecule has 0 aliphatic carbocycles. The Hall–Kier alpha value is -2.07. The lowest BCUT2D eigenvalue weighted by molar-refractivity contribution is 0.415. The summed E-state index contributed by atoms with van der Waals surface area (Å²) in [5, 5.41) is 0. The smallest absolute Gasteiger partial charge is 0.166 e. The molecule has 2 rings (SSSR count). The summed E-state index contributed by atoms with van der Waals surface area (Å²) in [5.74, 6) is 0.986. The zero-order chi connectivity index (χ0) is 12.3. The van der Waals surface area contributed by atoms with Crippen LogP contribution in [-0.4, -0.2) is 12.1 Å². The van der Waals surface area contributed by atoms with Gasteiger partial charge in [-0.2, -0.15) is 0 Å². The molecule has 0 bridgehead atoms. The molecule has 4 N–H and O–H groups in total. The van der Waals surface area contributed by atoms with Gasteiger partial charge in [-0.3, -0.25) is 0 Å². The highest BCUT2D eigenvalue weighted by Gasteiger charge is 2.04. The molecule has 1 aromatic carbocycles. The monoisotopic (exact) mass is 229 g/mol. The van der Waals surface area contributed by atoms with Gasteiger partial charge in [0.2, 0.25) is 0 Å². The Morgan fingerprint density at radius 3 is 2.35 bits per heavy atom. The molecule has 0 saturated heterocycles. The number of benzene rings is 1. The quantitative estimate of drug-likeness (QED) is 0.841. The van der Waals surface area contributed by atoms with E-state index < -0.39 is 0 Å². The molecule has 17 heavy (non-hydrogen) atoms. The first-order valence-corrected chi connectivity index (χ1v) is 5.34. The Bertz CT molecular complexity index is 509.